The van der Waals surface area contributed by atoms with Crippen molar-refractivity contribution in [3.63, 3.8) is 0 Å². The van der Waals surface area contributed by atoms with Crippen molar-refractivity contribution in [2.75, 3.05) is 5.75 Å². The molecule has 20 heavy (non-hydrogen) atoms. The number of benzene rings is 2. The minimum Gasteiger partial charge on any atom is -0.323 e. The van der Waals surface area contributed by atoms with Gasteiger partial charge in [0.05, 0.1) is 0 Å². The molecule has 1 nitrogen and oxygen atoms in total. The number of halogens is 4. The maximum Gasteiger partial charge on any atom is 0.194 e. The van der Waals surface area contributed by atoms with Gasteiger partial charge in [-0.2, -0.15) is 0 Å². The maximum atomic E-state index is 13.5. The molecule has 0 heterocycles. The van der Waals surface area contributed by atoms with Gasteiger partial charge in [-0.1, -0.05) is 12.1 Å². The molecule has 0 aliphatic carbocycles. The molecule has 1 unspecified atom stereocenters. The van der Waals surface area contributed by atoms with Gasteiger partial charge in [0.25, 0.3) is 0 Å². The lowest BCUT2D eigenvalue weighted by Gasteiger charge is -2.13. The van der Waals surface area contributed by atoms with Gasteiger partial charge < -0.3 is 5.73 Å². The summed E-state index contributed by atoms with van der Waals surface area (Å²) in [5, 5.41) is 0. The Morgan fingerprint density at radius 3 is 2.45 bits per heavy atom. The van der Waals surface area contributed by atoms with Crippen LogP contribution in [0.3, 0.4) is 0 Å². The normalized spacial score (nSPS) is 12.4. The maximum absolute atomic E-state index is 13.5. The van der Waals surface area contributed by atoms with Gasteiger partial charge in [-0.25, -0.2) is 17.6 Å². The fraction of sp³-hybridized carbons (Fsp3) is 0.143. The summed E-state index contributed by atoms with van der Waals surface area (Å²) in [5.41, 5.74) is 5.65. The van der Waals surface area contributed by atoms with Gasteiger partial charge in [0.15, 0.2) is 17.5 Å². The Morgan fingerprint density at radius 1 is 1.00 bits per heavy atom. The summed E-state index contributed by atoms with van der Waals surface area (Å²) < 4.78 is 52.4. The summed E-state index contributed by atoms with van der Waals surface area (Å²) in [6.07, 6.45) is 0. The minimum atomic E-state index is -1.53. The predicted octanol–water partition coefficient (Wildman–Crippen LogP) is 4.04. The quantitative estimate of drug-likeness (QED) is 0.524. The van der Waals surface area contributed by atoms with Crippen molar-refractivity contribution in [2.45, 2.75) is 10.9 Å². The lowest BCUT2D eigenvalue weighted by molar-refractivity contribution is 0.437. The van der Waals surface area contributed by atoms with Crippen LogP contribution < -0.4 is 5.73 Å². The zero-order valence-electron chi connectivity index (χ0n) is 10.2. The van der Waals surface area contributed by atoms with E-state index in [1.807, 2.05) is 0 Å². The molecule has 0 aliphatic heterocycles. The second-order valence-corrected chi connectivity index (χ2v) is 5.23. The first-order valence-corrected chi connectivity index (χ1v) is 6.75. The van der Waals surface area contributed by atoms with Crippen LogP contribution in [0.4, 0.5) is 17.6 Å². The van der Waals surface area contributed by atoms with Crippen molar-refractivity contribution in [3.8, 4) is 0 Å². The highest BCUT2D eigenvalue weighted by Crippen LogP contribution is 2.26. The Labute approximate surface area is 117 Å². The Hall–Kier alpha value is -1.53. The van der Waals surface area contributed by atoms with Gasteiger partial charge in [-0.15, -0.1) is 11.8 Å². The zero-order chi connectivity index (χ0) is 14.7. The van der Waals surface area contributed by atoms with E-state index < -0.39 is 23.5 Å². The highest BCUT2D eigenvalue weighted by Gasteiger charge is 2.18. The molecule has 6 heteroatoms. The smallest absolute Gasteiger partial charge is 0.194 e. The van der Waals surface area contributed by atoms with E-state index in [2.05, 4.69) is 0 Å². The third-order valence-electron chi connectivity index (χ3n) is 2.69. The molecule has 0 saturated carbocycles. The molecule has 0 radical (unpaired) electrons. The Morgan fingerprint density at radius 2 is 1.75 bits per heavy atom. The van der Waals surface area contributed by atoms with Crippen LogP contribution in [-0.2, 0) is 0 Å². The Kier molecular flexibility index (Phi) is 4.67. The highest BCUT2D eigenvalue weighted by molar-refractivity contribution is 7.99. The lowest BCUT2D eigenvalue weighted by Crippen LogP contribution is -2.16. The van der Waals surface area contributed by atoms with Crippen molar-refractivity contribution < 1.29 is 17.6 Å². The molecular weight excluding hydrogens is 290 g/mol. The van der Waals surface area contributed by atoms with Crippen molar-refractivity contribution in [2.24, 2.45) is 5.73 Å². The summed E-state index contributed by atoms with van der Waals surface area (Å²) in [7, 11) is 0. The molecule has 0 aromatic heterocycles. The summed E-state index contributed by atoms with van der Waals surface area (Å²) >= 11 is 1.21. The Balaban J connectivity index is 2.09. The predicted molar refractivity (Wildman–Crippen MR) is 70.4 cm³/mol. The minimum absolute atomic E-state index is 0.104. The molecule has 0 bridgehead atoms. The molecule has 106 valence electrons. The first-order valence-electron chi connectivity index (χ1n) is 5.76. The van der Waals surface area contributed by atoms with Gasteiger partial charge in [-0.05, 0) is 24.3 Å². The topological polar surface area (TPSA) is 26.0 Å². The second kappa shape index (κ2) is 6.28. The second-order valence-electron chi connectivity index (χ2n) is 4.14. The number of thioether (sulfide) groups is 1. The standard InChI is InChI=1S/C14H11F4NS/c15-8-2-1-3-9(6-8)20-7-12(19)10-4-5-11(16)14(18)13(10)17/h1-6,12H,7,19H2. The van der Waals surface area contributed by atoms with Crippen LogP contribution >= 0.6 is 11.8 Å². The van der Waals surface area contributed by atoms with E-state index in [0.717, 1.165) is 12.1 Å². The van der Waals surface area contributed by atoms with Gasteiger partial charge in [-0.3, -0.25) is 0 Å². The van der Waals surface area contributed by atoms with Crippen LogP contribution in [0.2, 0.25) is 0 Å². The Bertz CT molecular complexity index is 618. The van der Waals surface area contributed by atoms with Crippen LogP contribution in [0.5, 0.6) is 0 Å². The van der Waals surface area contributed by atoms with Crippen LogP contribution in [0.15, 0.2) is 41.3 Å². The molecular formula is C14H11F4NS. The van der Waals surface area contributed by atoms with E-state index in [1.165, 1.54) is 23.9 Å². The fourth-order valence-corrected chi connectivity index (χ4v) is 2.58. The van der Waals surface area contributed by atoms with Crippen LogP contribution in [0, 0.1) is 23.3 Å². The largest absolute Gasteiger partial charge is 0.323 e. The SMILES string of the molecule is NC(CSc1cccc(F)c1)c1ccc(F)c(F)c1F. The monoisotopic (exact) mass is 301 g/mol. The van der Waals surface area contributed by atoms with Crippen molar-refractivity contribution >= 4 is 11.8 Å². The summed E-state index contributed by atoms with van der Waals surface area (Å²) in [6, 6.07) is 6.98. The molecule has 2 aromatic carbocycles. The number of hydrogen-bond acceptors (Lipinski definition) is 2. The van der Waals surface area contributed by atoms with Crippen LogP contribution in [-0.4, -0.2) is 5.75 Å². The van der Waals surface area contributed by atoms with E-state index in [-0.39, 0.29) is 17.1 Å². The summed E-state index contributed by atoms with van der Waals surface area (Å²) in [4.78, 5) is 0.628. The summed E-state index contributed by atoms with van der Waals surface area (Å²) in [5.74, 6) is -4.24. The molecule has 1 atom stereocenters. The van der Waals surface area contributed by atoms with Gasteiger partial charge in [0, 0.05) is 22.3 Å². The average Bonchev–Trinajstić information content (AvgIpc) is 2.42. The van der Waals surface area contributed by atoms with E-state index in [1.54, 1.807) is 12.1 Å². The van der Waals surface area contributed by atoms with Gasteiger partial charge >= 0.3 is 0 Å². The molecule has 2 aromatic rings. The van der Waals surface area contributed by atoms with Crippen LogP contribution in [0.1, 0.15) is 11.6 Å². The zero-order valence-corrected chi connectivity index (χ0v) is 11.1. The van der Waals surface area contributed by atoms with Crippen LogP contribution in [0.25, 0.3) is 0 Å². The third-order valence-corrected chi connectivity index (χ3v) is 3.80. The van der Waals surface area contributed by atoms with E-state index in [4.69, 9.17) is 5.73 Å². The number of rotatable bonds is 4. The molecule has 2 rings (SSSR count). The summed E-state index contributed by atoms with van der Waals surface area (Å²) in [6.45, 7) is 0. The van der Waals surface area contributed by atoms with E-state index in [0.29, 0.717) is 4.90 Å². The highest BCUT2D eigenvalue weighted by atomic mass is 32.2. The molecule has 0 aliphatic rings. The van der Waals surface area contributed by atoms with Crippen molar-refractivity contribution in [3.05, 3.63) is 65.2 Å². The number of nitrogens with two attached hydrogens (primary N) is 1. The third kappa shape index (κ3) is 3.32. The average molecular weight is 301 g/mol. The molecule has 0 saturated heterocycles. The first-order chi connectivity index (χ1) is 9.49. The molecule has 0 spiro atoms. The van der Waals surface area contributed by atoms with E-state index >= 15 is 0 Å². The molecule has 0 amide bonds. The fourth-order valence-electron chi connectivity index (χ4n) is 1.66. The van der Waals surface area contributed by atoms with Crippen molar-refractivity contribution in [1.29, 1.82) is 0 Å². The van der Waals surface area contributed by atoms with E-state index in [9.17, 15) is 17.6 Å². The molecule has 0 fully saturated rings. The first kappa shape index (κ1) is 14.9. The van der Waals surface area contributed by atoms with Gasteiger partial charge in [0.1, 0.15) is 5.82 Å². The molecule has 2 N–H and O–H groups in total. The van der Waals surface area contributed by atoms with Gasteiger partial charge in [0.2, 0.25) is 0 Å². The lowest BCUT2D eigenvalue weighted by atomic mass is 10.1. The number of hydrogen-bond donors (Lipinski definition) is 1. The van der Waals surface area contributed by atoms with Crippen molar-refractivity contribution in [1.82, 2.24) is 0 Å².